The third-order valence-electron chi connectivity index (χ3n) is 2.30. The van der Waals surface area contributed by atoms with Crippen LogP contribution in [0.5, 0.6) is 5.75 Å². The van der Waals surface area contributed by atoms with E-state index in [1.807, 2.05) is 0 Å². The van der Waals surface area contributed by atoms with Gasteiger partial charge in [-0.05, 0) is 18.6 Å². The molecule has 0 aliphatic heterocycles. The van der Waals surface area contributed by atoms with E-state index in [1.54, 1.807) is 19.1 Å². The van der Waals surface area contributed by atoms with Gasteiger partial charge in [-0.25, -0.2) is 4.39 Å². The molecule has 0 saturated heterocycles. The molecule has 4 heteroatoms. The third kappa shape index (κ3) is 2.93. The van der Waals surface area contributed by atoms with Crippen molar-refractivity contribution in [1.82, 2.24) is 0 Å². The van der Waals surface area contributed by atoms with Crippen LogP contribution in [0.1, 0.15) is 18.1 Å². The summed E-state index contributed by atoms with van der Waals surface area (Å²) in [7, 11) is 2.99. The largest absolute Gasteiger partial charge is 0.496 e. The van der Waals surface area contributed by atoms with E-state index in [0.29, 0.717) is 16.9 Å². The van der Waals surface area contributed by atoms with E-state index in [-0.39, 0.29) is 18.8 Å². The molecule has 0 aromatic heterocycles. The Morgan fingerprint density at radius 2 is 2.06 bits per heavy atom. The number of hydrogen-bond acceptors (Lipinski definition) is 3. The third-order valence-corrected chi connectivity index (χ3v) is 2.30. The summed E-state index contributed by atoms with van der Waals surface area (Å²) in [5.41, 5.74) is 0.867. The molecule has 1 unspecified atom stereocenters. The van der Waals surface area contributed by atoms with E-state index in [1.165, 1.54) is 14.2 Å². The first-order valence-corrected chi connectivity index (χ1v) is 5.11. The predicted molar refractivity (Wildman–Crippen MR) is 59.0 cm³/mol. The molecular weight excluding hydrogens is 211 g/mol. The SMILES string of the molecule is COCc1c(OC)ccc(CC(C)O)c1F. The standard InChI is InChI=1S/C12H17FO3/c1-8(14)6-9-4-5-11(16-3)10(7-15-2)12(9)13/h4-5,8,14H,6-7H2,1-3H3. The molecular formula is C12H17FO3. The summed E-state index contributed by atoms with van der Waals surface area (Å²) in [6.45, 7) is 1.78. The summed E-state index contributed by atoms with van der Waals surface area (Å²) < 4.78 is 24.0. The van der Waals surface area contributed by atoms with Crippen molar-refractivity contribution in [2.24, 2.45) is 0 Å². The van der Waals surface area contributed by atoms with Crippen LogP contribution in [0.25, 0.3) is 0 Å². The quantitative estimate of drug-likeness (QED) is 0.836. The lowest BCUT2D eigenvalue weighted by molar-refractivity contribution is 0.176. The highest BCUT2D eigenvalue weighted by atomic mass is 19.1. The number of methoxy groups -OCH3 is 2. The highest BCUT2D eigenvalue weighted by Crippen LogP contribution is 2.25. The number of benzene rings is 1. The molecule has 1 N–H and O–H groups in total. The smallest absolute Gasteiger partial charge is 0.135 e. The van der Waals surface area contributed by atoms with Gasteiger partial charge < -0.3 is 14.6 Å². The fraction of sp³-hybridized carbons (Fsp3) is 0.500. The average Bonchev–Trinajstić information content (AvgIpc) is 2.24. The molecule has 0 fully saturated rings. The number of ether oxygens (including phenoxy) is 2. The Labute approximate surface area is 94.8 Å². The minimum Gasteiger partial charge on any atom is -0.496 e. The molecule has 0 radical (unpaired) electrons. The Morgan fingerprint density at radius 1 is 1.38 bits per heavy atom. The summed E-state index contributed by atoms with van der Waals surface area (Å²) in [5.74, 6) is 0.107. The van der Waals surface area contributed by atoms with E-state index in [9.17, 15) is 9.50 Å². The van der Waals surface area contributed by atoms with Crippen molar-refractivity contribution in [2.75, 3.05) is 14.2 Å². The lowest BCUT2D eigenvalue weighted by Crippen LogP contribution is -2.08. The van der Waals surface area contributed by atoms with Crippen LogP contribution in [0.2, 0.25) is 0 Å². The van der Waals surface area contributed by atoms with Crippen molar-refractivity contribution in [3.05, 3.63) is 29.1 Å². The molecule has 3 nitrogen and oxygen atoms in total. The molecule has 90 valence electrons. The van der Waals surface area contributed by atoms with Crippen LogP contribution in [-0.4, -0.2) is 25.4 Å². The summed E-state index contributed by atoms with van der Waals surface area (Å²) in [6, 6.07) is 3.31. The van der Waals surface area contributed by atoms with Gasteiger partial charge in [0.25, 0.3) is 0 Å². The molecule has 0 aliphatic rings. The van der Waals surface area contributed by atoms with Gasteiger partial charge in [0.05, 0.1) is 25.4 Å². The van der Waals surface area contributed by atoms with Crippen molar-refractivity contribution >= 4 is 0 Å². The second kappa shape index (κ2) is 5.82. The number of hydrogen-bond donors (Lipinski definition) is 1. The van der Waals surface area contributed by atoms with Gasteiger partial charge in [0, 0.05) is 13.5 Å². The maximum Gasteiger partial charge on any atom is 0.135 e. The maximum absolute atomic E-state index is 14.0. The van der Waals surface area contributed by atoms with E-state index >= 15 is 0 Å². The monoisotopic (exact) mass is 228 g/mol. The molecule has 0 aliphatic carbocycles. The van der Waals surface area contributed by atoms with Crippen LogP contribution in [0.4, 0.5) is 4.39 Å². The van der Waals surface area contributed by atoms with Crippen LogP contribution in [0, 0.1) is 5.82 Å². The summed E-state index contributed by atoms with van der Waals surface area (Å²) in [5, 5.41) is 9.25. The van der Waals surface area contributed by atoms with Crippen molar-refractivity contribution < 1.29 is 19.0 Å². The summed E-state index contributed by atoms with van der Waals surface area (Å²) in [4.78, 5) is 0. The first-order chi connectivity index (χ1) is 7.60. The van der Waals surface area contributed by atoms with Crippen molar-refractivity contribution in [1.29, 1.82) is 0 Å². The Kier molecular flexibility index (Phi) is 4.71. The van der Waals surface area contributed by atoms with Crippen LogP contribution in [0.3, 0.4) is 0 Å². The predicted octanol–water partition coefficient (Wildman–Crippen LogP) is 1.90. The van der Waals surface area contributed by atoms with Gasteiger partial charge in [0.1, 0.15) is 11.6 Å². The minimum absolute atomic E-state index is 0.155. The molecule has 16 heavy (non-hydrogen) atoms. The van der Waals surface area contributed by atoms with Crippen molar-refractivity contribution in [3.8, 4) is 5.75 Å². The Bertz CT molecular complexity index is 350. The zero-order valence-corrected chi connectivity index (χ0v) is 9.79. The van der Waals surface area contributed by atoms with E-state index in [0.717, 1.165) is 0 Å². The van der Waals surface area contributed by atoms with Gasteiger partial charge in [-0.15, -0.1) is 0 Å². The van der Waals surface area contributed by atoms with Gasteiger partial charge >= 0.3 is 0 Å². The fourth-order valence-electron chi connectivity index (χ4n) is 1.60. The summed E-state index contributed by atoms with van der Waals surface area (Å²) >= 11 is 0. The zero-order chi connectivity index (χ0) is 12.1. The van der Waals surface area contributed by atoms with Gasteiger partial charge in [-0.2, -0.15) is 0 Å². The van der Waals surface area contributed by atoms with Crippen LogP contribution < -0.4 is 4.74 Å². The van der Waals surface area contributed by atoms with E-state index in [2.05, 4.69) is 0 Å². The Morgan fingerprint density at radius 3 is 2.56 bits per heavy atom. The molecule has 1 atom stereocenters. The number of halogens is 1. The van der Waals surface area contributed by atoms with E-state index < -0.39 is 6.10 Å². The lowest BCUT2D eigenvalue weighted by Gasteiger charge is -2.13. The van der Waals surface area contributed by atoms with Crippen LogP contribution >= 0.6 is 0 Å². The molecule has 0 amide bonds. The first kappa shape index (κ1) is 12.9. The molecule has 0 bridgehead atoms. The average molecular weight is 228 g/mol. The fourth-order valence-corrected chi connectivity index (χ4v) is 1.60. The number of aliphatic hydroxyl groups is 1. The van der Waals surface area contributed by atoms with Crippen molar-refractivity contribution in [2.45, 2.75) is 26.1 Å². The normalized spacial score (nSPS) is 12.6. The second-order valence-electron chi connectivity index (χ2n) is 3.71. The Balaban J connectivity index is 3.09. The van der Waals surface area contributed by atoms with Gasteiger partial charge in [-0.1, -0.05) is 6.07 Å². The zero-order valence-electron chi connectivity index (χ0n) is 9.79. The second-order valence-corrected chi connectivity index (χ2v) is 3.71. The lowest BCUT2D eigenvalue weighted by atomic mass is 10.0. The molecule has 0 saturated carbocycles. The number of rotatable bonds is 5. The highest BCUT2D eigenvalue weighted by Gasteiger charge is 2.14. The molecule has 1 aromatic rings. The van der Waals surface area contributed by atoms with Gasteiger partial charge in [0.2, 0.25) is 0 Å². The van der Waals surface area contributed by atoms with Gasteiger partial charge in [-0.3, -0.25) is 0 Å². The molecule has 0 heterocycles. The van der Waals surface area contributed by atoms with E-state index in [4.69, 9.17) is 9.47 Å². The topological polar surface area (TPSA) is 38.7 Å². The number of aliphatic hydroxyl groups excluding tert-OH is 1. The Hall–Kier alpha value is -1.13. The highest BCUT2D eigenvalue weighted by molar-refractivity contribution is 5.38. The van der Waals surface area contributed by atoms with Gasteiger partial charge in [0.15, 0.2) is 0 Å². The summed E-state index contributed by atoms with van der Waals surface area (Å²) in [6.07, 6.45) is -0.287. The molecule has 1 aromatic carbocycles. The molecule has 1 rings (SSSR count). The van der Waals surface area contributed by atoms with Crippen LogP contribution in [0.15, 0.2) is 12.1 Å². The maximum atomic E-state index is 14.0. The minimum atomic E-state index is -0.571. The first-order valence-electron chi connectivity index (χ1n) is 5.11. The van der Waals surface area contributed by atoms with Crippen LogP contribution in [-0.2, 0) is 17.8 Å². The van der Waals surface area contributed by atoms with Crippen molar-refractivity contribution in [3.63, 3.8) is 0 Å². The molecule has 0 spiro atoms.